The molecule has 0 bridgehead atoms. The van der Waals surface area contributed by atoms with Gasteiger partial charge < -0.3 is 10.1 Å². The first kappa shape index (κ1) is 22.1. The Bertz CT molecular complexity index is 1390. The van der Waals surface area contributed by atoms with Gasteiger partial charge in [-0.3, -0.25) is 14.2 Å². The Morgan fingerprint density at radius 2 is 2.09 bits per heavy atom. The van der Waals surface area contributed by atoms with Crippen LogP contribution in [0.25, 0.3) is 20.4 Å². The zero-order valence-corrected chi connectivity index (χ0v) is 20.1. The minimum atomic E-state index is -0.132. The zero-order valence-electron chi connectivity index (χ0n) is 18.5. The molecule has 1 saturated heterocycles. The van der Waals surface area contributed by atoms with Gasteiger partial charge in [0.2, 0.25) is 5.91 Å². The van der Waals surface area contributed by atoms with Gasteiger partial charge in [0.15, 0.2) is 5.16 Å². The largest absolute Gasteiger partial charge is 0.376 e. The van der Waals surface area contributed by atoms with Crippen molar-refractivity contribution in [1.82, 2.24) is 14.5 Å². The number of hydrogen-bond acceptors (Lipinski definition) is 7. The number of benzene rings is 1. The lowest BCUT2D eigenvalue weighted by Gasteiger charge is -2.16. The Morgan fingerprint density at radius 3 is 2.85 bits per heavy atom. The SMILES string of the molecule is Cc1cccc(C)c1NC(=O)CSc1nc2c(sc3ncccc32)c(=O)n1C[C@H]1CCCO1. The van der Waals surface area contributed by atoms with Gasteiger partial charge in [-0.2, -0.15) is 0 Å². The Hall–Kier alpha value is -2.75. The van der Waals surface area contributed by atoms with Gasteiger partial charge in [0.25, 0.3) is 5.56 Å². The van der Waals surface area contributed by atoms with Crippen molar-refractivity contribution in [2.24, 2.45) is 0 Å². The number of aromatic nitrogens is 3. The number of fused-ring (bicyclic) bond motifs is 3. The molecule has 1 aromatic carbocycles. The Labute approximate surface area is 199 Å². The first-order valence-electron chi connectivity index (χ1n) is 10.9. The number of nitrogens with one attached hydrogen (secondary N) is 1. The molecule has 4 aromatic rings. The maximum Gasteiger partial charge on any atom is 0.272 e. The van der Waals surface area contributed by atoms with Gasteiger partial charge in [-0.25, -0.2) is 9.97 Å². The lowest BCUT2D eigenvalue weighted by Crippen LogP contribution is -2.28. The van der Waals surface area contributed by atoms with Crippen LogP contribution in [0.3, 0.4) is 0 Å². The minimum Gasteiger partial charge on any atom is -0.376 e. The van der Waals surface area contributed by atoms with Gasteiger partial charge in [-0.1, -0.05) is 30.0 Å². The standard InChI is InChI=1S/C24H24N4O3S2/c1-14-6-3-7-15(2)19(14)26-18(29)13-32-24-27-20-17-9-4-10-25-22(17)33-21(20)23(30)28(24)12-16-8-5-11-31-16/h3-4,6-7,9-10,16H,5,8,11-13H2,1-2H3,(H,26,29)/t16-/m1/s1. The van der Waals surface area contributed by atoms with Crippen molar-refractivity contribution in [2.75, 3.05) is 17.7 Å². The van der Waals surface area contributed by atoms with Crippen molar-refractivity contribution in [3.8, 4) is 0 Å². The lowest BCUT2D eigenvalue weighted by molar-refractivity contribution is -0.113. The number of nitrogens with zero attached hydrogens (tertiary/aromatic N) is 3. The maximum absolute atomic E-state index is 13.5. The number of hydrogen-bond donors (Lipinski definition) is 1. The van der Waals surface area contributed by atoms with Crippen LogP contribution in [0.15, 0.2) is 46.5 Å². The molecular weight excluding hydrogens is 456 g/mol. The van der Waals surface area contributed by atoms with Crippen LogP contribution in [0.4, 0.5) is 5.69 Å². The summed E-state index contributed by atoms with van der Waals surface area (Å²) in [6.07, 6.45) is 3.60. The van der Waals surface area contributed by atoms with Crippen molar-refractivity contribution in [2.45, 2.75) is 44.5 Å². The molecule has 3 aromatic heterocycles. The van der Waals surface area contributed by atoms with E-state index in [0.717, 1.165) is 39.9 Å². The third-order valence-electron chi connectivity index (χ3n) is 5.81. The monoisotopic (exact) mass is 480 g/mol. The third kappa shape index (κ3) is 4.40. The van der Waals surface area contributed by atoms with Crippen LogP contribution in [-0.2, 0) is 16.1 Å². The van der Waals surface area contributed by atoms with Gasteiger partial charge >= 0.3 is 0 Å². The average Bonchev–Trinajstić information content (AvgIpc) is 3.45. The topological polar surface area (TPSA) is 86.1 Å². The molecule has 1 atom stereocenters. The van der Waals surface area contributed by atoms with Gasteiger partial charge in [-0.05, 0) is 49.9 Å². The number of carbonyl (C=O) groups is 1. The maximum atomic E-state index is 13.5. The van der Waals surface area contributed by atoms with Crippen molar-refractivity contribution in [1.29, 1.82) is 0 Å². The summed E-state index contributed by atoms with van der Waals surface area (Å²) >= 11 is 2.64. The predicted octanol–water partition coefficient (Wildman–Crippen LogP) is 4.53. The number of pyridine rings is 1. The number of thioether (sulfide) groups is 1. The average molecular weight is 481 g/mol. The van der Waals surface area contributed by atoms with E-state index in [9.17, 15) is 9.59 Å². The number of aryl methyl sites for hydroxylation is 2. The van der Waals surface area contributed by atoms with Crippen molar-refractivity contribution in [3.63, 3.8) is 0 Å². The minimum absolute atomic E-state index is 0.0164. The molecule has 0 radical (unpaired) electrons. The summed E-state index contributed by atoms with van der Waals surface area (Å²) in [6, 6.07) is 9.69. The second-order valence-corrected chi connectivity index (χ2v) is 10.1. The number of anilines is 1. The van der Waals surface area contributed by atoms with Gasteiger partial charge in [0, 0.05) is 23.9 Å². The summed E-state index contributed by atoms with van der Waals surface area (Å²) in [5, 5.41) is 4.40. The fourth-order valence-corrected chi connectivity index (χ4v) is 5.95. The van der Waals surface area contributed by atoms with Crippen LogP contribution in [0.1, 0.15) is 24.0 Å². The van der Waals surface area contributed by atoms with Crippen molar-refractivity contribution < 1.29 is 9.53 Å². The van der Waals surface area contributed by atoms with Gasteiger partial charge in [0.05, 0.1) is 23.9 Å². The van der Waals surface area contributed by atoms with E-state index >= 15 is 0 Å². The molecule has 0 saturated carbocycles. The van der Waals surface area contributed by atoms with E-state index in [-0.39, 0.29) is 23.3 Å². The number of amides is 1. The fraction of sp³-hybridized carbons (Fsp3) is 0.333. The van der Waals surface area contributed by atoms with E-state index in [0.29, 0.717) is 28.5 Å². The number of para-hydroxylation sites is 1. The number of carbonyl (C=O) groups excluding carboxylic acids is 1. The van der Waals surface area contributed by atoms with Crippen LogP contribution in [0.5, 0.6) is 0 Å². The quantitative estimate of drug-likeness (QED) is 0.322. The number of ether oxygens (including phenoxy) is 1. The summed E-state index contributed by atoms with van der Waals surface area (Å²) in [4.78, 5) is 36.3. The van der Waals surface area contributed by atoms with E-state index < -0.39 is 0 Å². The van der Waals surface area contributed by atoms with Crippen LogP contribution >= 0.6 is 23.1 Å². The molecule has 0 spiro atoms. The number of thiophene rings is 1. The molecule has 33 heavy (non-hydrogen) atoms. The highest BCUT2D eigenvalue weighted by atomic mass is 32.2. The summed E-state index contributed by atoms with van der Waals surface area (Å²) < 4.78 is 8.04. The first-order valence-corrected chi connectivity index (χ1v) is 12.7. The molecule has 170 valence electrons. The normalized spacial score (nSPS) is 16.0. The second-order valence-electron chi connectivity index (χ2n) is 8.18. The molecule has 9 heteroatoms. The second kappa shape index (κ2) is 9.24. The van der Waals surface area contributed by atoms with Crippen LogP contribution in [-0.4, -0.2) is 38.9 Å². The van der Waals surface area contributed by atoms with E-state index in [1.807, 2.05) is 44.2 Å². The Kier molecular flexibility index (Phi) is 6.18. The molecular formula is C24H24N4O3S2. The van der Waals surface area contributed by atoms with Crippen LogP contribution in [0.2, 0.25) is 0 Å². The summed E-state index contributed by atoms with van der Waals surface area (Å²) in [5.74, 6) is 0.0182. The molecule has 7 nitrogen and oxygen atoms in total. The Morgan fingerprint density at radius 1 is 1.27 bits per heavy atom. The summed E-state index contributed by atoms with van der Waals surface area (Å²) in [5.41, 5.74) is 3.41. The molecule has 0 unspecified atom stereocenters. The predicted molar refractivity (Wildman–Crippen MR) is 133 cm³/mol. The third-order valence-corrected chi connectivity index (χ3v) is 7.87. The van der Waals surface area contributed by atoms with E-state index in [2.05, 4.69) is 10.3 Å². The van der Waals surface area contributed by atoms with Crippen LogP contribution in [0, 0.1) is 13.8 Å². The highest BCUT2D eigenvalue weighted by Gasteiger charge is 2.22. The molecule has 1 aliphatic rings. The molecule has 1 N–H and O–H groups in total. The van der Waals surface area contributed by atoms with Gasteiger partial charge in [-0.15, -0.1) is 11.3 Å². The smallest absolute Gasteiger partial charge is 0.272 e. The van der Waals surface area contributed by atoms with Crippen molar-refractivity contribution in [3.05, 3.63) is 58.0 Å². The molecule has 1 amide bonds. The van der Waals surface area contributed by atoms with Gasteiger partial charge in [0.1, 0.15) is 9.53 Å². The Balaban J connectivity index is 1.48. The van der Waals surface area contributed by atoms with E-state index in [1.165, 1.54) is 23.1 Å². The fourth-order valence-electron chi connectivity index (χ4n) is 4.12. The highest BCUT2D eigenvalue weighted by Crippen LogP contribution is 2.31. The van der Waals surface area contributed by atoms with E-state index in [1.54, 1.807) is 10.8 Å². The first-order chi connectivity index (χ1) is 16.0. The molecule has 5 rings (SSSR count). The molecule has 4 heterocycles. The van der Waals surface area contributed by atoms with Crippen LogP contribution < -0.4 is 10.9 Å². The highest BCUT2D eigenvalue weighted by molar-refractivity contribution is 7.99. The summed E-state index contributed by atoms with van der Waals surface area (Å²) in [6.45, 7) is 5.09. The summed E-state index contributed by atoms with van der Waals surface area (Å²) in [7, 11) is 0. The van der Waals surface area contributed by atoms with Crippen molar-refractivity contribution >= 4 is 55.1 Å². The lowest BCUT2D eigenvalue weighted by atomic mass is 10.1. The molecule has 0 aliphatic carbocycles. The zero-order chi connectivity index (χ0) is 22.9. The number of rotatable bonds is 6. The molecule has 1 fully saturated rings. The van der Waals surface area contributed by atoms with E-state index in [4.69, 9.17) is 9.72 Å². The molecule has 1 aliphatic heterocycles.